The number of carbonyl (C=O) groups excluding carboxylic acids is 1. The number of carbonyl (C=O) groups is 1. The Hall–Kier alpha value is -1.31. The van der Waals surface area contributed by atoms with Crippen molar-refractivity contribution in [1.29, 1.82) is 0 Å². The summed E-state index contributed by atoms with van der Waals surface area (Å²) in [4.78, 5) is 11.1. The molecule has 0 bridgehead atoms. The highest BCUT2D eigenvalue weighted by molar-refractivity contribution is 5.79. The van der Waals surface area contributed by atoms with Crippen LogP contribution in [0.4, 0.5) is 0 Å². The molecule has 0 radical (unpaired) electrons. The molecular formula is C14H20O2. The number of unbranched alkanes of at least 4 members (excludes halogenated alkanes) is 1. The molecule has 0 spiro atoms. The lowest BCUT2D eigenvalue weighted by Crippen LogP contribution is -2.09. The highest BCUT2D eigenvalue weighted by Crippen LogP contribution is 2.13. The fourth-order valence-electron chi connectivity index (χ4n) is 1.40. The normalized spacial score (nSPS) is 10.1. The molecule has 0 unspecified atom stereocenters. The topological polar surface area (TPSA) is 26.3 Å². The molecule has 1 aromatic carbocycles. The smallest absolute Gasteiger partial charge is 0.169 e. The van der Waals surface area contributed by atoms with Gasteiger partial charge in [-0.05, 0) is 30.5 Å². The largest absolute Gasteiger partial charge is 0.486 e. The SMILES string of the molecule is CCCCc1ccc(OCC(=O)CC)cc1. The molecule has 0 aliphatic carbocycles. The van der Waals surface area contributed by atoms with E-state index < -0.39 is 0 Å². The molecule has 0 aliphatic heterocycles. The van der Waals surface area contributed by atoms with Gasteiger partial charge >= 0.3 is 0 Å². The minimum absolute atomic E-state index is 0.134. The van der Waals surface area contributed by atoms with Crippen molar-refractivity contribution in [2.24, 2.45) is 0 Å². The Labute approximate surface area is 97.6 Å². The van der Waals surface area contributed by atoms with Crippen LogP contribution in [0.15, 0.2) is 24.3 Å². The Kier molecular flexibility index (Phi) is 5.62. The van der Waals surface area contributed by atoms with E-state index in [-0.39, 0.29) is 12.4 Å². The van der Waals surface area contributed by atoms with Crippen LogP contribution in [0.2, 0.25) is 0 Å². The monoisotopic (exact) mass is 220 g/mol. The van der Waals surface area contributed by atoms with E-state index >= 15 is 0 Å². The van der Waals surface area contributed by atoms with Crippen molar-refractivity contribution >= 4 is 5.78 Å². The molecule has 0 saturated carbocycles. The van der Waals surface area contributed by atoms with Crippen molar-refractivity contribution in [3.05, 3.63) is 29.8 Å². The van der Waals surface area contributed by atoms with Gasteiger partial charge < -0.3 is 4.74 Å². The fraction of sp³-hybridized carbons (Fsp3) is 0.500. The van der Waals surface area contributed by atoms with Crippen LogP contribution in [0.25, 0.3) is 0 Å². The quantitative estimate of drug-likeness (QED) is 0.704. The van der Waals surface area contributed by atoms with Crippen LogP contribution in [0.5, 0.6) is 5.75 Å². The third-order valence-corrected chi connectivity index (χ3v) is 2.54. The Balaban J connectivity index is 2.41. The molecule has 16 heavy (non-hydrogen) atoms. The van der Waals surface area contributed by atoms with Crippen LogP contribution >= 0.6 is 0 Å². The van der Waals surface area contributed by atoms with Crippen molar-refractivity contribution in [3.8, 4) is 5.75 Å². The lowest BCUT2D eigenvalue weighted by molar-refractivity contribution is -0.120. The van der Waals surface area contributed by atoms with Crippen LogP contribution in [-0.4, -0.2) is 12.4 Å². The molecule has 0 amide bonds. The van der Waals surface area contributed by atoms with E-state index in [0.717, 1.165) is 12.2 Å². The van der Waals surface area contributed by atoms with Gasteiger partial charge in [0.2, 0.25) is 0 Å². The second-order valence-corrected chi connectivity index (χ2v) is 3.93. The Morgan fingerprint density at radius 3 is 2.44 bits per heavy atom. The molecule has 0 N–H and O–H groups in total. The standard InChI is InChI=1S/C14H20O2/c1-3-5-6-12-7-9-14(10-8-12)16-11-13(15)4-2/h7-10H,3-6,11H2,1-2H3. The Morgan fingerprint density at radius 2 is 1.88 bits per heavy atom. The number of ketones is 1. The summed E-state index contributed by atoms with van der Waals surface area (Å²) in [5.41, 5.74) is 1.33. The second kappa shape index (κ2) is 7.04. The minimum Gasteiger partial charge on any atom is -0.486 e. The molecule has 0 fully saturated rings. The maximum Gasteiger partial charge on any atom is 0.169 e. The van der Waals surface area contributed by atoms with Gasteiger partial charge in [0.15, 0.2) is 5.78 Å². The van der Waals surface area contributed by atoms with E-state index in [9.17, 15) is 4.79 Å². The average Bonchev–Trinajstić information content (AvgIpc) is 2.34. The first kappa shape index (κ1) is 12.8. The van der Waals surface area contributed by atoms with Crippen LogP contribution in [0.1, 0.15) is 38.7 Å². The lowest BCUT2D eigenvalue weighted by atomic mass is 10.1. The molecular weight excluding hydrogens is 200 g/mol. The molecule has 0 heterocycles. The highest BCUT2D eigenvalue weighted by atomic mass is 16.5. The summed E-state index contributed by atoms with van der Waals surface area (Å²) in [5, 5.41) is 0. The zero-order valence-corrected chi connectivity index (χ0v) is 10.2. The molecule has 0 aromatic heterocycles. The molecule has 0 atom stereocenters. The summed E-state index contributed by atoms with van der Waals surface area (Å²) in [6.45, 7) is 4.22. The van der Waals surface area contributed by atoms with Gasteiger partial charge in [-0.15, -0.1) is 0 Å². The van der Waals surface area contributed by atoms with Gasteiger partial charge in [0.05, 0.1) is 0 Å². The number of benzene rings is 1. The van der Waals surface area contributed by atoms with Crippen LogP contribution in [-0.2, 0) is 11.2 Å². The van der Waals surface area contributed by atoms with E-state index in [0.29, 0.717) is 6.42 Å². The maximum absolute atomic E-state index is 11.1. The third kappa shape index (κ3) is 4.47. The van der Waals surface area contributed by atoms with E-state index in [1.165, 1.54) is 18.4 Å². The Bertz CT molecular complexity index is 314. The van der Waals surface area contributed by atoms with Crippen molar-refractivity contribution in [3.63, 3.8) is 0 Å². The Morgan fingerprint density at radius 1 is 1.19 bits per heavy atom. The van der Waals surface area contributed by atoms with Gasteiger partial charge in [-0.25, -0.2) is 0 Å². The minimum atomic E-state index is 0.134. The molecule has 1 aromatic rings. The van der Waals surface area contributed by atoms with Gasteiger partial charge in [-0.1, -0.05) is 32.4 Å². The molecule has 0 aliphatic rings. The van der Waals surface area contributed by atoms with Gasteiger partial charge in [0.25, 0.3) is 0 Å². The van der Waals surface area contributed by atoms with Crippen LogP contribution < -0.4 is 4.74 Å². The van der Waals surface area contributed by atoms with E-state index in [1.54, 1.807) is 0 Å². The highest BCUT2D eigenvalue weighted by Gasteiger charge is 2.00. The first-order valence-electron chi connectivity index (χ1n) is 5.99. The number of Topliss-reactive ketones (excluding diaryl/α,β-unsaturated/α-hetero) is 1. The summed E-state index contributed by atoms with van der Waals surface area (Å²) in [7, 11) is 0. The van der Waals surface area contributed by atoms with Crippen molar-refractivity contribution < 1.29 is 9.53 Å². The molecule has 88 valence electrons. The molecule has 2 heteroatoms. The summed E-state index contributed by atoms with van der Waals surface area (Å²) in [5.74, 6) is 0.914. The van der Waals surface area contributed by atoms with Crippen molar-refractivity contribution in [2.75, 3.05) is 6.61 Å². The predicted molar refractivity (Wildman–Crippen MR) is 65.8 cm³/mol. The van der Waals surface area contributed by atoms with E-state index in [2.05, 4.69) is 19.1 Å². The second-order valence-electron chi connectivity index (χ2n) is 3.93. The third-order valence-electron chi connectivity index (χ3n) is 2.54. The number of hydrogen-bond acceptors (Lipinski definition) is 2. The van der Waals surface area contributed by atoms with Gasteiger partial charge in [-0.3, -0.25) is 4.79 Å². The van der Waals surface area contributed by atoms with Crippen LogP contribution in [0.3, 0.4) is 0 Å². The van der Waals surface area contributed by atoms with E-state index in [1.807, 2.05) is 19.1 Å². The average molecular weight is 220 g/mol. The number of hydrogen-bond donors (Lipinski definition) is 0. The predicted octanol–water partition coefficient (Wildman–Crippen LogP) is 3.39. The maximum atomic E-state index is 11.1. The zero-order chi connectivity index (χ0) is 11.8. The first-order chi connectivity index (χ1) is 7.76. The zero-order valence-electron chi connectivity index (χ0n) is 10.2. The molecule has 2 nitrogen and oxygen atoms in total. The fourth-order valence-corrected chi connectivity index (χ4v) is 1.40. The van der Waals surface area contributed by atoms with Crippen molar-refractivity contribution in [2.45, 2.75) is 39.5 Å². The summed E-state index contributed by atoms with van der Waals surface area (Å²) in [6.07, 6.45) is 4.08. The van der Waals surface area contributed by atoms with Gasteiger partial charge in [0.1, 0.15) is 12.4 Å². The van der Waals surface area contributed by atoms with Crippen molar-refractivity contribution in [1.82, 2.24) is 0 Å². The summed E-state index contributed by atoms with van der Waals surface area (Å²) < 4.78 is 5.37. The van der Waals surface area contributed by atoms with Gasteiger partial charge in [0, 0.05) is 6.42 Å². The number of ether oxygens (including phenoxy) is 1. The van der Waals surface area contributed by atoms with E-state index in [4.69, 9.17) is 4.74 Å². The van der Waals surface area contributed by atoms with Crippen LogP contribution in [0, 0.1) is 0 Å². The summed E-state index contributed by atoms with van der Waals surface area (Å²) in [6, 6.07) is 8.02. The molecule has 0 saturated heterocycles. The number of rotatable bonds is 7. The number of aryl methyl sites for hydroxylation is 1. The lowest BCUT2D eigenvalue weighted by Gasteiger charge is -2.05. The molecule has 1 rings (SSSR count). The summed E-state index contributed by atoms with van der Waals surface area (Å²) >= 11 is 0. The van der Waals surface area contributed by atoms with Gasteiger partial charge in [-0.2, -0.15) is 0 Å². The first-order valence-corrected chi connectivity index (χ1v) is 5.99.